The normalized spacial score (nSPS) is 11.4. The van der Waals surface area contributed by atoms with Crippen LogP contribution in [0.3, 0.4) is 0 Å². The Bertz CT molecular complexity index is 890. The maximum Gasteiger partial charge on any atom is 0.416 e. The van der Waals surface area contributed by atoms with E-state index in [-0.39, 0.29) is 11.9 Å². The topological polar surface area (TPSA) is 68.0 Å². The summed E-state index contributed by atoms with van der Waals surface area (Å²) in [5, 5.41) is 9.81. The van der Waals surface area contributed by atoms with E-state index in [0.29, 0.717) is 11.1 Å². The first kappa shape index (κ1) is 17.2. The summed E-state index contributed by atoms with van der Waals surface area (Å²) in [6.07, 6.45) is -4.42. The van der Waals surface area contributed by atoms with Gasteiger partial charge in [0.2, 0.25) is 5.89 Å². The molecule has 2 aromatic carbocycles. The molecule has 0 aliphatic rings. The Morgan fingerprint density at radius 2 is 1.64 bits per heavy atom. The molecule has 3 rings (SSSR count). The average Bonchev–Trinajstić information content (AvgIpc) is 3.03. The number of carbonyl (C=O) groups excluding carboxylic acids is 1. The van der Waals surface area contributed by atoms with Crippen LogP contribution >= 0.6 is 15.9 Å². The third kappa shape index (κ3) is 4.05. The molecule has 128 valence electrons. The Morgan fingerprint density at radius 3 is 2.24 bits per heavy atom. The molecule has 1 amide bonds. The quantitative estimate of drug-likeness (QED) is 0.673. The molecule has 0 aliphatic heterocycles. The van der Waals surface area contributed by atoms with Crippen LogP contribution in [-0.2, 0) is 6.18 Å². The first-order valence-corrected chi connectivity index (χ1v) is 7.70. The number of benzene rings is 2. The second kappa shape index (κ2) is 6.67. The van der Waals surface area contributed by atoms with Crippen LogP contribution in [0.5, 0.6) is 0 Å². The Balaban J connectivity index is 1.74. The largest absolute Gasteiger partial charge is 0.416 e. The number of hydrogen-bond donors (Lipinski definition) is 1. The SMILES string of the molecule is O=C(Nc1nnc(-c2ccc(C(F)(F)F)cc2)o1)c1ccc(Br)cc1. The molecule has 1 N–H and O–H groups in total. The molecule has 0 fully saturated rings. The number of anilines is 1. The predicted octanol–water partition coefficient (Wildman–Crippen LogP) is 4.77. The number of alkyl halides is 3. The molecule has 3 aromatic rings. The van der Waals surface area contributed by atoms with Gasteiger partial charge in [-0.1, -0.05) is 21.0 Å². The Morgan fingerprint density at radius 1 is 1.00 bits per heavy atom. The van der Waals surface area contributed by atoms with E-state index in [4.69, 9.17) is 4.42 Å². The summed E-state index contributed by atoms with van der Waals surface area (Å²) in [7, 11) is 0. The van der Waals surface area contributed by atoms with Gasteiger partial charge in [0.05, 0.1) is 5.56 Å². The van der Waals surface area contributed by atoms with Gasteiger partial charge in [0.15, 0.2) is 0 Å². The molecule has 0 saturated heterocycles. The molecule has 1 heterocycles. The number of hydrogen-bond acceptors (Lipinski definition) is 4. The molecule has 25 heavy (non-hydrogen) atoms. The van der Waals surface area contributed by atoms with Crippen LogP contribution in [0, 0.1) is 0 Å². The van der Waals surface area contributed by atoms with Crippen LogP contribution < -0.4 is 5.32 Å². The minimum atomic E-state index is -4.42. The van der Waals surface area contributed by atoms with Gasteiger partial charge in [-0.25, -0.2) is 0 Å². The molecule has 0 aliphatic carbocycles. The van der Waals surface area contributed by atoms with E-state index in [1.54, 1.807) is 24.3 Å². The Hall–Kier alpha value is -2.68. The monoisotopic (exact) mass is 411 g/mol. The maximum atomic E-state index is 12.6. The van der Waals surface area contributed by atoms with Crippen LogP contribution in [0.15, 0.2) is 57.4 Å². The summed E-state index contributed by atoms with van der Waals surface area (Å²) >= 11 is 3.26. The van der Waals surface area contributed by atoms with E-state index in [0.717, 1.165) is 16.6 Å². The van der Waals surface area contributed by atoms with Crippen molar-refractivity contribution >= 4 is 27.9 Å². The van der Waals surface area contributed by atoms with Crippen molar-refractivity contribution in [2.24, 2.45) is 0 Å². The van der Waals surface area contributed by atoms with Crippen molar-refractivity contribution in [3.8, 4) is 11.5 Å². The van der Waals surface area contributed by atoms with Crippen molar-refractivity contribution in [3.63, 3.8) is 0 Å². The maximum absolute atomic E-state index is 12.6. The van der Waals surface area contributed by atoms with Crippen LogP contribution in [0.2, 0.25) is 0 Å². The lowest BCUT2D eigenvalue weighted by Gasteiger charge is -2.05. The second-order valence-corrected chi connectivity index (χ2v) is 5.86. The molecule has 5 nitrogen and oxygen atoms in total. The first-order chi connectivity index (χ1) is 11.8. The van der Waals surface area contributed by atoms with E-state index in [9.17, 15) is 18.0 Å². The predicted molar refractivity (Wildman–Crippen MR) is 86.8 cm³/mol. The highest BCUT2D eigenvalue weighted by atomic mass is 79.9. The fraction of sp³-hybridized carbons (Fsp3) is 0.0625. The van der Waals surface area contributed by atoms with Crippen molar-refractivity contribution in [2.75, 3.05) is 5.32 Å². The fourth-order valence-electron chi connectivity index (χ4n) is 1.96. The van der Waals surface area contributed by atoms with Crippen LogP contribution in [-0.4, -0.2) is 16.1 Å². The molecule has 0 radical (unpaired) electrons. The van der Waals surface area contributed by atoms with Crippen LogP contribution in [0.25, 0.3) is 11.5 Å². The van der Waals surface area contributed by atoms with Crippen molar-refractivity contribution in [2.45, 2.75) is 6.18 Å². The molecular formula is C16H9BrF3N3O2. The van der Waals surface area contributed by atoms with Crippen molar-refractivity contribution in [3.05, 3.63) is 64.1 Å². The van der Waals surface area contributed by atoms with Crippen LogP contribution in [0.4, 0.5) is 19.2 Å². The number of halogens is 4. The van der Waals surface area contributed by atoms with Gasteiger partial charge < -0.3 is 4.42 Å². The van der Waals surface area contributed by atoms with Gasteiger partial charge in [-0.2, -0.15) is 13.2 Å². The van der Waals surface area contributed by atoms with Gasteiger partial charge in [-0.15, -0.1) is 5.10 Å². The van der Waals surface area contributed by atoms with Gasteiger partial charge in [0.25, 0.3) is 5.91 Å². The number of rotatable bonds is 3. The third-order valence-electron chi connectivity index (χ3n) is 3.21. The van der Waals surface area contributed by atoms with E-state index in [2.05, 4.69) is 31.4 Å². The summed E-state index contributed by atoms with van der Waals surface area (Å²) in [6, 6.07) is 10.7. The lowest BCUT2D eigenvalue weighted by molar-refractivity contribution is -0.137. The highest BCUT2D eigenvalue weighted by Crippen LogP contribution is 2.30. The number of amides is 1. The summed E-state index contributed by atoms with van der Waals surface area (Å²) in [5.74, 6) is -0.449. The fourth-order valence-corrected chi connectivity index (χ4v) is 2.23. The van der Waals surface area contributed by atoms with Gasteiger partial charge in [-0.05, 0) is 48.5 Å². The molecule has 0 spiro atoms. The minimum absolute atomic E-state index is 0.000157. The van der Waals surface area contributed by atoms with E-state index in [1.165, 1.54) is 12.1 Å². The molecule has 0 atom stereocenters. The van der Waals surface area contributed by atoms with Gasteiger partial charge in [0.1, 0.15) is 0 Å². The smallest absolute Gasteiger partial charge is 0.403 e. The number of nitrogens with zero attached hydrogens (tertiary/aromatic N) is 2. The zero-order valence-corrected chi connectivity index (χ0v) is 13.9. The van der Waals surface area contributed by atoms with E-state index < -0.39 is 17.6 Å². The van der Waals surface area contributed by atoms with Crippen LogP contribution in [0.1, 0.15) is 15.9 Å². The Kier molecular flexibility index (Phi) is 4.58. The van der Waals surface area contributed by atoms with Crippen molar-refractivity contribution in [1.82, 2.24) is 10.2 Å². The van der Waals surface area contributed by atoms with E-state index >= 15 is 0 Å². The van der Waals surface area contributed by atoms with E-state index in [1.807, 2.05) is 0 Å². The molecule has 0 bridgehead atoms. The van der Waals surface area contributed by atoms with Crippen molar-refractivity contribution < 1.29 is 22.4 Å². The lowest BCUT2D eigenvalue weighted by atomic mass is 10.1. The summed E-state index contributed by atoms with van der Waals surface area (Å²) in [4.78, 5) is 12.0. The number of aromatic nitrogens is 2. The molecule has 1 aromatic heterocycles. The molecule has 9 heteroatoms. The average molecular weight is 412 g/mol. The summed E-state index contributed by atoms with van der Waals surface area (Å²) in [5.41, 5.74) is -0.0818. The molecule has 0 saturated carbocycles. The standard InChI is InChI=1S/C16H9BrF3N3O2/c17-12-7-3-9(4-8-12)13(24)21-15-23-22-14(25-15)10-1-5-11(6-2-10)16(18,19)20/h1-8H,(H,21,23,24). The summed E-state index contributed by atoms with van der Waals surface area (Å²) < 4.78 is 43.8. The number of carbonyl (C=O) groups is 1. The van der Waals surface area contributed by atoms with Gasteiger partial charge >= 0.3 is 12.2 Å². The zero-order chi connectivity index (χ0) is 18.0. The number of nitrogens with one attached hydrogen (secondary N) is 1. The van der Waals surface area contributed by atoms with Gasteiger partial charge in [0, 0.05) is 15.6 Å². The molecule has 0 unspecified atom stereocenters. The second-order valence-electron chi connectivity index (χ2n) is 4.95. The van der Waals surface area contributed by atoms with Crippen molar-refractivity contribution in [1.29, 1.82) is 0 Å². The minimum Gasteiger partial charge on any atom is -0.403 e. The third-order valence-corrected chi connectivity index (χ3v) is 3.74. The lowest BCUT2D eigenvalue weighted by Crippen LogP contribution is -2.11. The Labute approximate surface area is 148 Å². The van der Waals surface area contributed by atoms with Gasteiger partial charge in [-0.3, -0.25) is 10.1 Å². The summed E-state index contributed by atoms with van der Waals surface area (Å²) in [6.45, 7) is 0. The molecular weight excluding hydrogens is 403 g/mol. The zero-order valence-electron chi connectivity index (χ0n) is 12.3. The highest BCUT2D eigenvalue weighted by molar-refractivity contribution is 9.10. The highest BCUT2D eigenvalue weighted by Gasteiger charge is 2.30. The first-order valence-electron chi connectivity index (χ1n) is 6.91.